The molecule has 2 heteroatoms. The smallest absolute Gasteiger partial charge is 0.119 e. The molecule has 0 amide bonds. The maximum Gasteiger partial charge on any atom is 0.119 e. The van der Waals surface area contributed by atoms with E-state index in [-0.39, 0.29) is 0 Å². The van der Waals surface area contributed by atoms with Crippen LogP contribution < -0.4 is 4.74 Å². The molecule has 0 radical (unpaired) electrons. The van der Waals surface area contributed by atoms with E-state index in [1.165, 1.54) is 0 Å². The minimum absolute atomic E-state index is 0.468. The molecule has 0 aliphatic heterocycles. The van der Waals surface area contributed by atoms with E-state index in [1.807, 2.05) is 31.2 Å². The summed E-state index contributed by atoms with van der Waals surface area (Å²) in [6.45, 7) is 11.3. The van der Waals surface area contributed by atoms with E-state index >= 15 is 0 Å². The van der Waals surface area contributed by atoms with Crippen LogP contribution in [0.25, 0.3) is 0 Å². The number of ether oxygens (including phenoxy) is 1. The molecule has 19 heavy (non-hydrogen) atoms. The monoisotopic (exact) mass is 264 g/mol. The lowest BCUT2D eigenvalue weighted by atomic mass is 9.80. The number of aliphatic hydroxyl groups is 1. The average molecular weight is 264 g/mol. The zero-order valence-corrected chi connectivity index (χ0v) is 12.9. The zero-order valence-electron chi connectivity index (χ0n) is 12.9. The van der Waals surface area contributed by atoms with Crippen LogP contribution in [0.3, 0.4) is 0 Å². The van der Waals surface area contributed by atoms with Crippen molar-refractivity contribution in [3.63, 3.8) is 0 Å². The molecule has 0 bridgehead atoms. The molecule has 0 aromatic heterocycles. The van der Waals surface area contributed by atoms with Crippen LogP contribution in [0.2, 0.25) is 0 Å². The molecular weight excluding hydrogens is 236 g/mol. The highest BCUT2D eigenvalue weighted by Crippen LogP contribution is 2.35. The van der Waals surface area contributed by atoms with E-state index in [9.17, 15) is 5.11 Å². The first kappa shape index (κ1) is 16.0. The van der Waals surface area contributed by atoms with Crippen LogP contribution >= 0.6 is 0 Å². The molecule has 0 saturated heterocycles. The average Bonchev–Trinajstić information content (AvgIpc) is 2.27. The molecule has 1 aromatic rings. The van der Waals surface area contributed by atoms with Crippen molar-refractivity contribution in [2.45, 2.75) is 53.1 Å². The van der Waals surface area contributed by atoms with Gasteiger partial charge in [-0.15, -0.1) is 0 Å². The van der Waals surface area contributed by atoms with Crippen molar-refractivity contribution in [3.05, 3.63) is 29.8 Å². The van der Waals surface area contributed by atoms with Crippen LogP contribution in [0.5, 0.6) is 5.75 Å². The van der Waals surface area contributed by atoms with Crippen LogP contribution in [0.1, 0.15) is 53.0 Å². The first-order valence-corrected chi connectivity index (χ1v) is 7.33. The molecule has 0 saturated carbocycles. The maximum atomic E-state index is 11.0. The summed E-state index contributed by atoms with van der Waals surface area (Å²) >= 11 is 0. The number of hydrogen-bond acceptors (Lipinski definition) is 2. The van der Waals surface area contributed by atoms with Crippen LogP contribution in [-0.4, -0.2) is 11.7 Å². The highest BCUT2D eigenvalue weighted by Gasteiger charge is 2.31. The Morgan fingerprint density at radius 2 is 1.47 bits per heavy atom. The third-order valence-electron chi connectivity index (χ3n) is 3.19. The summed E-state index contributed by atoms with van der Waals surface area (Å²) in [5, 5.41) is 11.0. The van der Waals surface area contributed by atoms with Gasteiger partial charge in [0.2, 0.25) is 0 Å². The number of hydrogen-bond donors (Lipinski definition) is 1. The van der Waals surface area contributed by atoms with Crippen molar-refractivity contribution in [1.82, 2.24) is 0 Å². The molecule has 1 aromatic carbocycles. The molecule has 0 aliphatic rings. The van der Waals surface area contributed by atoms with E-state index in [0.29, 0.717) is 18.4 Å². The van der Waals surface area contributed by atoms with Gasteiger partial charge in [0.05, 0.1) is 12.2 Å². The molecule has 1 N–H and O–H groups in total. The standard InChI is InChI=1S/C17H28O2/c1-6-19-16-9-7-15(8-10-16)17(18,11-13(2)3)12-14(4)5/h7-10,13-14,18H,6,11-12H2,1-5H3. The summed E-state index contributed by atoms with van der Waals surface area (Å²) in [5.74, 6) is 1.80. The zero-order chi connectivity index (χ0) is 14.5. The fourth-order valence-electron chi connectivity index (χ4n) is 2.70. The van der Waals surface area contributed by atoms with Crippen molar-refractivity contribution in [2.24, 2.45) is 11.8 Å². The molecule has 1 rings (SSSR count). The Hall–Kier alpha value is -1.02. The first-order valence-electron chi connectivity index (χ1n) is 7.33. The Morgan fingerprint density at radius 1 is 1.00 bits per heavy atom. The Balaban J connectivity index is 2.96. The quantitative estimate of drug-likeness (QED) is 0.792. The molecule has 0 unspecified atom stereocenters. The Morgan fingerprint density at radius 3 is 1.84 bits per heavy atom. The molecular formula is C17H28O2. The van der Waals surface area contributed by atoms with Gasteiger partial charge in [-0.2, -0.15) is 0 Å². The lowest BCUT2D eigenvalue weighted by Gasteiger charge is -2.32. The predicted octanol–water partition coefficient (Wildman–Crippen LogP) is 4.37. The minimum atomic E-state index is -0.729. The summed E-state index contributed by atoms with van der Waals surface area (Å²) in [7, 11) is 0. The van der Waals surface area contributed by atoms with Gasteiger partial charge < -0.3 is 9.84 Å². The molecule has 0 aliphatic carbocycles. The van der Waals surface area contributed by atoms with Gasteiger partial charge in [0.25, 0.3) is 0 Å². The van der Waals surface area contributed by atoms with Gasteiger partial charge in [-0.1, -0.05) is 39.8 Å². The fraction of sp³-hybridized carbons (Fsp3) is 0.647. The van der Waals surface area contributed by atoms with Crippen molar-refractivity contribution in [1.29, 1.82) is 0 Å². The van der Waals surface area contributed by atoms with E-state index in [2.05, 4.69) is 27.7 Å². The molecule has 0 fully saturated rings. The first-order chi connectivity index (χ1) is 8.87. The van der Waals surface area contributed by atoms with E-state index in [4.69, 9.17) is 4.74 Å². The lowest BCUT2D eigenvalue weighted by Crippen LogP contribution is -2.29. The molecule has 0 heterocycles. The Bertz CT molecular complexity index is 355. The Labute approximate surface area is 117 Å². The van der Waals surface area contributed by atoms with Crippen molar-refractivity contribution < 1.29 is 9.84 Å². The van der Waals surface area contributed by atoms with E-state index in [0.717, 1.165) is 24.2 Å². The number of rotatable bonds is 7. The topological polar surface area (TPSA) is 29.5 Å². The molecule has 108 valence electrons. The molecule has 0 atom stereocenters. The summed E-state index contributed by atoms with van der Waals surface area (Å²) in [4.78, 5) is 0. The van der Waals surface area contributed by atoms with Gasteiger partial charge in [-0.3, -0.25) is 0 Å². The third-order valence-corrected chi connectivity index (χ3v) is 3.19. The second-order valence-corrected chi connectivity index (χ2v) is 6.18. The van der Waals surface area contributed by atoms with Crippen LogP contribution in [0, 0.1) is 11.8 Å². The summed E-state index contributed by atoms with van der Waals surface area (Å²) < 4.78 is 5.45. The maximum absolute atomic E-state index is 11.0. The van der Waals surface area contributed by atoms with Gasteiger partial charge in [0.1, 0.15) is 5.75 Å². The third kappa shape index (κ3) is 4.87. The summed E-state index contributed by atoms with van der Waals surface area (Å²) in [6.07, 6.45) is 1.58. The van der Waals surface area contributed by atoms with Crippen molar-refractivity contribution >= 4 is 0 Å². The number of benzene rings is 1. The van der Waals surface area contributed by atoms with Gasteiger partial charge in [0.15, 0.2) is 0 Å². The van der Waals surface area contributed by atoms with Gasteiger partial charge >= 0.3 is 0 Å². The predicted molar refractivity (Wildman–Crippen MR) is 80.4 cm³/mol. The summed E-state index contributed by atoms with van der Waals surface area (Å²) in [6, 6.07) is 7.89. The molecule has 0 spiro atoms. The van der Waals surface area contributed by atoms with Gasteiger partial charge in [-0.25, -0.2) is 0 Å². The second-order valence-electron chi connectivity index (χ2n) is 6.18. The van der Waals surface area contributed by atoms with Gasteiger partial charge in [-0.05, 0) is 49.3 Å². The highest BCUT2D eigenvalue weighted by molar-refractivity contribution is 5.31. The normalized spacial score (nSPS) is 12.2. The SMILES string of the molecule is CCOc1ccc(C(O)(CC(C)C)CC(C)C)cc1. The summed E-state index contributed by atoms with van der Waals surface area (Å²) in [5.41, 5.74) is 0.269. The van der Waals surface area contributed by atoms with Crippen LogP contribution in [0.15, 0.2) is 24.3 Å². The minimum Gasteiger partial charge on any atom is -0.494 e. The lowest BCUT2D eigenvalue weighted by molar-refractivity contribution is -0.00452. The second kappa shape index (κ2) is 6.95. The largest absolute Gasteiger partial charge is 0.494 e. The highest BCUT2D eigenvalue weighted by atomic mass is 16.5. The van der Waals surface area contributed by atoms with E-state index in [1.54, 1.807) is 0 Å². The van der Waals surface area contributed by atoms with Crippen molar-refractivity contribution in [2.75, 3.05) is 6.61 Å². The van der Waals surface area contributed by atoms with Crippen molar-refractivity contribution in [3.8, 4) is 5.75 Å². The molecule has 2 nitrogen and oxygen atoms in total. The van der Waals surface area contributed by atoms with Crippen LogP contribution in [-0.2, 0) is 5.60 Å². The van der Waals surface area contributed by atoms with Crippen LogP contribution in [0.4, 0.5) is 0 Å². The Kier molecular flexibility index (Phi) is 5.86. The van der Waals surface area contributed by atoms with Gasteiger partial charge in [0, 0.05) is 0 Å². The fourth-order valence-corrected chi connectivity index (χ4v) is 2.70. The van der Waals surface area contributed by atoms with E-state index < -0.39 is 5.60 Å².